The highest BCUT2D eigenvalue weighted by Crippen LogP contribution is 2.20. The second-order valence-corrected chi connectivity index (χ2v) is 3.52. The minimum Gasteiger partial charge on any atom is -0.492 e. The standard InChI is InChI=1S/C6H4F3IN2O2/c7-6(8,9)1-2-11-4(13)3(10)5(14)12-2/h1H2,(H2,11,12,13,14). The van der Waals surface area contributed by atoms with Gasteiger partial charge in [0.1, 0.15) is 15.8 Å². The number of nitrogens with one attached hydrogen (secondary N) is 1. The summed E-state index contributed by atoms with van der Waals surface area (Å²) in [6.07, 6.45) is -5.83. The molecule has 4 nitrogen and oxygen atoms in total. The van der Waals surface area contributed by atoms with Crippen LogP contribution in [0, 0.1) is 3.57 Å². The van der Waals surface area contributed by atoms with Crippen LogP contribution in [0.1, 0.15) is 5.82 Å². The normalized spacial score (nSPS) is 11.7. The predicted molar refractivity (Wildman–Crippen MR) is 49.0 cm³/mol. The molecule has 2 N–H and O–H groups in total. The lowest BCUT2D eigenvalue weighted by Gasteiger charge is -2.05. The fraction of sp³-hybridized carbons (Fsp3) is 0.333. The van der Waals surface area contributed by atoms with Crippen LogP contribution in [0.5, 0.6) is 5.88 Å². The first kappa shape index (κ1) is 11.3. The minimum atomic E-state index is -4.46. The van der Waals surface area contributed by atoms with Gasteiger partial charge in [0, 0.05) is 0 Å². The smallest absolute Gasteiger partial charge is 0.396 e. The summed E-state index contributed by atoms with van der Waals surface area (Å²) in [4.78, 5) is 16.0. The molecule has 14 heavy (non-hydrogen) atoms. The first-order chi connectivity index (χ1) is 6.29. The van der Waals surface area contributed by atoms with Gasteiger partial charge in [-0.05, 0) is 22.6 Å². The average Bonchev–Trinajstić information content (AvgIpc) is 1.96. The van der Waals surface area contributed by atoms with Crippen molar-refractivity contribution in [3.8, 4) is 5.88 Å². The van der Waals surface area contributed by atoms with Crippen molar-refractivity contribution < 1.29 is 18.3 Å². The molecule has 0 atom stereocenters. The summed E-state index contributed by atoms with van der Waals surface area (Å²) in [7, 11) is 0. The van der Waals surface area contributed by atoms with Crippen LogP contribution in [0.3, 0.4) is 0 Å². The fourth-order valence-electron chi connectivity index (χ4n) is 0.766. The van der Waals surface area contributed by atoms with Gasteiger partial charge in [0.2, 0.25) is 5.88 Å². The third-order valence-electron chi connectivity index (χ3n) is 1.26. The molecule has 1 rings (SSSR count). The van der Waals surface area contributed by atoms with E-state index in [-0.39, 0.29) is 3.57 Å². The Bertz CT molecular complexity index is 401. The second-order valence-electron chi connectivity index (χ2n) is 2.44. The quantitative estimate of drug-likeness (QED) is 0.764. The van der Waals surface area contributed by atoms with Crippen molar-refractivity contribution >= 4 is 22.6 Å². The van der Waals surface area contributed by atoms with Gasteiger partial charge in [-0.3, -0.25) is 4.79 Å². The summed E-state index contributed by atoms with van der Waals surface area (Å²) in [5.41, 5.74) is -0.780. The third kappa shape index (κ3) is 2.86. The van der Waals surface area contributed by atoms with Crippen LogP contribution in [0.2, 0.25) is 0 Å². The van der Waals surface area contributed by atoms with Gasteiger partial charge in [0.25, 0.3) is 5.56 Å². The number of H-pyrrole nitrogens is 1. The number of halogens is 4. The molecule has 0 unspecified atom stereocenters. The van der Waals surface area contributed by atoms with E-state index in [9.17, 15) is 18.0 Å². The summed E-state index contributed by atoms with van der Waals surface area (Å²) in [5, 5.41) is 8.97. The van der Waals surface area contributed by atoms with Crippen LogP contribution in [0.25, 0.3) is 0 Å². The molecule has 0 fully saturated rings. The van der Waals surface area contributed by atoms with E-state index in [2.05, 4.69) is 4.98 Å². The molecule has 0 aliphatic carbocycles. The lowest BCUT2D eigenvalue weighted by Crippen LogP contribution is -2.20. The number of alkyl halides is 3. The summed E-state index contributed by atoms with van der Waals surface area (Å²) in [5.74, 6) is -1.28. The van der Waals surface area contributed by atoms with Crippen molar-refractivity contribution in [2.75, 3.05) is 0 Å². The number of aromatic hydroxyl groups is 1. The summed E-state index contributed by atoms with van der Waals surface area (Å²) < 4.78 is 35.4. The molecule has 8 heteroatoms. The number of aromatic amines is 1. The topological polar surface area (TPSA) is 66.0 Å². The Hall–Kier alpha value is -0.800. The van der Waals surface area contributed by atoms with E-state index < -0.39 is 29.9 Å². The lowest BCUT2D eigenvalue weighted by molar-refractivity contribution is -0.128. The monoisotopic (exact) mass is 320 g/mol. The van der Waals surface area contributed by atoms with Crippen molar-refractivity contribution in [2.24, 2.45) is 0 Å². The van der Waals surface area contributed by atoms with Crippen molar-refractivity contribution in [3.63, 3.8) is 0 Å². The van der Waals surface area contributed by atoms with Crippen LogP contribution in [0.4, 0.5) is 13.2 Å². The molecule has 1 heterocycles. The Kier molecular flexibility index (Phi) is 3.02. The molecule has 0 spiro atoms. The number of rotatable bonds is 1. The van der Waals surface area contributed by atoms with Gasteiger partial charge in [-0.25, -0.2) is 0 Å². The van der Waals surface area contributed by atoms with Gasteiger partial charge >= 0.3 is 6.18 Å². The summed E-state index contributed by atoms with van der Waals surface area (Å²) >= 11 is 1.49. The number of hydrogen-bond acceptors (Lipinski definition) is 3. The fourth-order valence-corrected chi connectivity index (χ4v) is 1.02. The molecule has 1 aromatic rings. The first-order valence-corrected chi connectivity index (χ1v) is 4.42. The van der Waals surface area contributed by atoms with E-state index >= 15 is 0 Å². The van der Waals surface area contributed by atoms with E-state index in [4.69, 9.17) is 5.11 Å². The summed E-state index contributed by atoms with van der Waals surface area (Å²) in [6.45, 7) is 0. The van der Waals surface area contributed by atoms with E-state index in [0.717, 1.165) is 0 Å². The molecule has 0 aliphatic heterocycles. The van der Waals surface area contributed by atoms with E-state index in [1.807, 2.05) is 4.98 Å². The Morgan fingerprint density at radius 1 is 1.50 bits per heavy atom. The van der Waals surface area contributed by atoms with E-state index in [1.54, 1.807) is 0 Å². The Morgan fingerprint density at radius 3 is 2.50 bits per heavy atom. The number of aromatic nitrogens is 2. The Balaban J connectivity index is 3.08. The zero-order valence-electron chi connectivity index (χ0n) is 6.52. The SMILES string of the molecule is O=c1[nH]c(CC(F)(F)F)nc(O)c1I. The average molecular weight is 320 g/mol. The van der Waals surface area contributed by atoms with Crippen molar-refractivity contribution in [1.82, 2.24) is 9.97 Å². The van der Waals surface area contributed by atoms with Crippen LogP contribution in [-0.4, -0.2) is 21.3 Å². The van der Waals surface area contributed by atoms with Gasteiger partial charge in [0.15, 0.2) is 0 Å². The molecule has 0 aromatic carbocycles. The minimum absolute atomic E-state index is 0.131. The van der Waals surface area contributed by atoms with Crippen molar-refractivity contribution in [3.05, 3.63) is 19.7 Å². The number of hydrogen-bond donors (Lipinski definition) is 2. The van der Waals surface area contributed by atoms with Crippen molar-refractivity contribution in [2.45, 2.75) is 12.6 Å². The Labute approximate surface area is 89.3 Å². The van der Waals surface area contributed by atoms with Crippen LogP contribution in [-0.2, 0) is 6.42 Å². The van der Waals surface area contributed by atoms with Gasteiger partial charge < -0.3 is 10.1 Å². The number of nitrogens with zero attached hydrogens (tertiary/aromatic N) is 1. The van der Waals surface area contributed by atoms with E-state index in [1.165, 1.54) is 22.6 Å². The zero-order chi connectivity index (χ0) is 10.9. The molecule has 1 aromatic heterocycles. The highest BCUT2D eigenvalue weighted by Gasteiger charge is 2.29. The molecule has 78 valence electrons. The van der Waals surface area contributed by atoms with Crippen molar-refractivity contribution in [1.29, 1.82) is 0 Å². The van der Waals surface area contributed by atoms with Gasteiger partial charge in [0.05, 0.1) is 0 Å². The maximum absolute atomic E-state index is 11.9. The zero-order valence-corrected chi connectivity index (χ0v) is 8.68. The predicted octanol–water partition coefficient (Wildman–Crippen LogP) is 1.18. The molecule has 0 amide bonds. The molecule has 0 aliphatic rings. The second kappa shape index (κ2) is 3.75. The molecule has 0 radical (unpaired) electrons. The lowest BCUT2D eigenvalue weighted by atomic mass is 10.4. The maximum atomic E-state index is 11.9. The van der Waals surface area contributed by atoms with Gasteiger partial charge in [-0.15, -0.1) is 0 Å². The Morgan fingerprint density at radius 2 is 2.07 bits per heavy atom. The molecular formula is C6H4F3IN2O2. The third-order valence-corrected chi connectivity index (χ3v) is 2.23. The van der Waals surface area contributed by atoms with Gasteiger partial charge in [-0.2, -0.15) is 18.2 Å². The largest absolute Gasteiger partial charge is 0.492 e. The highest BCUT2D eigenvalue weighted by atomic mass is 127. The van der Waals surface area contributed by atoms with Gasteiger partial charge in [-0.1, -0.05) is 0 Å². The van der Waals surface area contributed by atoms with Crippen LogP contribution < -0.4 is 5.56 Å². The molecule has 0 bridgehead atoms. The first-order valence-electron chi connectivity index (χ1n) is 3.34. The molecular weight excluding hydrogens is 316 g/mol. The molecule has 0 saturated heterocycles. The highest BCUT2D eigenvalue weighted by molar-refractivity contribution is 14.1. The molecule has 0 saturated carbocycles. The maximum Gasteiger partial charge on any atom is 0.396 e. The van der Waals surface area contributed by atoms with E-state index in [0.29, 0.717) is 0 Å². The summed E-state index contributed by atoms with van der Waals surface area (Å²) in [6, 6.07) is 0. The van der Waals surface area contributed by atoms with Crippen LogP contribution >= 0.6 is 22.6 Å². The van der Waals surface area contributed by atoms with Crippen LogP contribution in [0.15, 0.2) is 4.79 Å².